The van der Waals surface area contributed by atoms with Crippen molar-refractivity contribution in [1.29, 1.82) is 0 Å². The number of methoxy groups -OCH3 is 3. The maximum Gasteiger partial charge on any atom is 0.233 e. The maximum absolute atomic E-state index is 12.9. The molecule has 0 atom stereocenters. The van der Waals surface area contributed by atoms with E-state index in [1.54, 1.807) is 30.9 Å². The van der Waals surface area contributed by atoms with Crippen LogP contribution in [0.3, 0.4) is 0 Å². The summed E-state index contributed by atoms with van der Waals surface area (Å²) >= 11 is 1.28. The Morgan fingerprint density at radius 1 is 1.03 bits per heavy atom. The normalized spacial score (nSPS) is 10.6. The molecule has 0 unspecified atom stereocenters. The van der Waals surface area contributed by atoms with Crippen LogP contribution in [0.15, 0.2) is 47.6 Å². The van der Waals surface area contributed by atoms with E-state index in [-0.39, 0.29) is 11.7 Å². The van der Waals surface area contributed by atoms with Crippen molar-refractivity contribution < 1.29 is 19.0 Å². The Balaban J connectivity index is 1.68. The summed E-state index contributed by atoms with van der Waals surface area (Å²) in [5.41, 5.74) is 1.67. The second kappa shape index (κ2) is 10.7. The fraction of sp³-hybridized carbons (Fsp3) is 0.333. The van der Waals surface area contributed by atoms with E-state index in [0.29, 0.717) is 41.2 Å². The average Bonchev–Trinajstić information content (AvgIpc) is 3.29. The van der Waals surface area contributed by atoms with Crippen LogP contribution in [-0.4, -0.2) is 64.6 Å². The second-order valence-corrected chi connectivity index (χ2v) is 7.37. The minimum Gasteiger partial charge on any atom is -0.494 e. The number of carbonyl (C=O) groups is 1. The molecule has 9 nitrogen and oxygen atoms in total. The van der Waals surface area contributed by atoms with Crippen LogP contribution in [0.4, 0.5) is 0 Å². The van der Waals surface area contributed by atoms with Crippen LogP contribution >= 0.6 is 11.8 Å². The maximum atomic E-state index is 12.9. The van der Waals surface area contributed by atoms with E-state index in [9.17, 15) is 4.79 Å². The number of carbonyl (C=O) groups excluding carboxylic acids is 1. The van der Waals surface area contributed by atoms with E-state index in [2.05, 4.69) is 15.5 Å². The van der Waals surface area contributed by atoms with Gasteiger partial charge in [0.2, 0.25) is 11.1 Å². The van der Waals surface area contributed by atoms with Crippen LogP contribution in [0.5, 0.6) is 17.2 Å². The summed E-state index contributed by atoms with van der Waals surface area (Å²) in [4.78, 5) is 14.6. The van der Waals surface area contributed by atoms with Crippen molar-refractivity contribution in [2.45, 2.75) is 18.6 Å². The highest BCUT2D eigenvalue weighted by molar-refractivity contribution is 7.99. The quantitative estimate of drug-likeness (QED) is 0.442. The minimum absolute atomic E-state index is 0.0168. The number of ether oxygens (including phenoxy) is 3. The molecule has 31 heavy (non-hydrogen) atoms. The number of tetrazole rings is 1. The van der Waals surface area contributed by atoms with E-state index in [1.165, 1.54) is 11.8 Å². The van der Waals surface area contributed by atoms with E-state index in [4.69, 9.17) is 14.2 Å². The molecule has 2 aromatic carbocycles. The minimum atomic E-state index is -0.0168. The number of benzene rings is 2. The number of thioether (sulfide) groups is 1. The van der Waals surface area contributed by atoms with Gasteiger partial charge < -0.3 is 19.1 Å². The van der Waals surface area contributed by atoms with Gasteiger partial charge in [-0.2, -0.15) is 4.68 Å². The molecule has 164 valence electrons. The molecule has 0 aliphatic carbocycles. The topological polar surface area (TPSA) is 91.6 Å². The monoisotopic (exact) mass is 443 g/mol. The summed E-state index contributed by atoms with van der Waals surface area (Å²) in [6.07, 6.45) is 0. The van der Waals surface area contributed by atoms with Crippen molar-refractivity contribution >= 4 is 17.7 Å². The summed E-state index contributed by atoms with van der Waals surface area (Å²) in [5, 5.41) is 12.4. The first kappa shape index (κ1) is 22.4. The van der Waals surface area contributed by atoms with Gasteiger partial charge in [-0.05, 0) is 47.2 Å². The van der Waals surface area contributed by atoms with Gasteiger partial charge >= 0.3 is 0 Å². The zero-order chi connectivity index (χ0) is 22.2. The second-order valence-electron chi connectivity index (χ2n) is 6.43. The fourth-order valence-electron chi connectivity index (χ4n) is 3.02. The highest BCUT2D eigenvalue weighted by atomic mass is 32.2. The Kier molecular flexibility index (Phi) is 7.71. The smallest absolute Gasteiger partial charge is 0.233 e. The van der Waals surface area contributed by atoms with Crippen LogP contribution in [0.25, 0.3) is 5.69 Å². The number of nitrogens with zero attached hydrogens (tertiary/aromatic N) is 5. The van der Waals surface area contributed by atoms with Gasteiger partial charge in [0.15, 0.2) is 11.5 Å². The molecule has 0 aliphatic rings. The third-order valence-electron chi connectivity index (χ3n) is 4.63. The van der Waals surface area contributed by atoms with E-state index in [0.717, 1.165) is 5.56 Å². The lowest BCUT2D eigenvalue weighted by atomic mass is 10.2. The fourth-order valence-corrected chi connectivity index (χ4v) is 3.80. The largest absolute Gasteiger partial charge is 0.494 e. The number of aromatic nitrogens is 4. The molecule has 10 heteroatoms. The molecular weight excluding hydrogens is 418 g/mol. The first-order valence-corrected chi connectivity index (χ1v) is 10.6. The summed E-state index contributed by atoms with van der Waals surface area (Å²) in [7, 11) is 4.77. The summed E-state index contributed by atoms with van der Waals surface area (Å²) in [6.45, 7) is 2.99. The Labute approximate surface area is 185 Å². The van der Waals surface area contributed by atoms with Crippen molar-refractivity contribution in [3.05, 3.63) is 48.0 Å². The molecule has 3 rings (SSSR count). The lowest BCUT2D eigenvalue weighted by Gasteiger charge is -2.21. The zero-order valence-electron chi connectivity index (χ0n) is 17.9. The molecule has 3 aromatic rings. The number of amides is 1. The van der Waals surface area contributed by atoms with Gasteiger partial charge in [0.25, 0.3) is 0 Å². The lowest BCUT2D eigenvalue weighted by molar-refractivity contribution is -0.128. The highest BCUT2D eigenvalue weighted by Gasteiger charge is 2.18. The molecule has 1 amide bonds. The van der Waals surface area contributed by atoms with E-state index in [1.807, 2.05) is 49.4 Å². The zero-order valence-corrected chi connectivity index (χ0v) is 18.8. The molecule has 0 radical (unpaired) electrons. The first-order chi connectivity index (χ1) is 15.1. The summed E-state index contributed by atoms with van der Waals surface area (Å²) in [5.74, 6) is 2.12. The van der Waals surface area contributed by atoms with Crippen molar-refractivity contribution in [2.75, 3.05) is 33.6 Å². The highest BCUT2D eigenvalue weighted by Crippen LogP contribution is 2.29. The van der Waals surface area contributed by atoms with Gasteiger partial charge in [-0.15, -0.1) is 5.10 Å². The van der Waals surface area contributed by atoms with Crippen LogP contribution < -0.4 is 14.2 Å². The molecule has 1 heterocycles. The Morgan fingerprint density at radius 3 is 2.48 bits per heavy atom. The Hall–Kier alpha value is -3.27. The summed E-state index contributed by atoms with van der Waals surface area (Å²) < 4.78 is 17.6. The molecule has 0 fully saturated rings. The number of hydrogen-bond donors (Lipinski definition) is 0. The molecule has 0 aliphatic heterocycles. The van der Waals surface area contributed by atoms with Gasteiger partial charge in [0.05, 0.1) is 27.1 Å². The van der Waals surface area contributed by atoms with Gasteiger partial charge in [0, 0.05) is 13.1 Å². The standard InChI is InChI=1S/C21H25N5O4S/c1-5-25(13-15-10-11-18(29-3)19(12-15)30-4)20(27)14-31-21-22-23-24-26(21)16-8-6-7-9-17(16)28-2/h6-12H,5,13-14H2,1-4H3. The van der Waals surface area contributed by atoms with Crippen molar-refractivity contribution in [3.8, 4) is 22.9 Å². The molecule has 1 aromatic heterocycles. The Morgan fingerprint density at radius 2 is 1.77 bits per heavy atom. The number of para-hydroxylation sites is 2. The predicted octanol–water partition coefficient (Wildman–Crippen LogP) is 2.83. The molecular formula is C21H25N5O4S. The molecule has 0 spiro atoms. The van der Waals surface area contributed by atoms with Crippen molar-refractivity contribution in [1.82, 2.24) is 25.1 Å². The number of hydrogen-bond acceptors (Lipinski definition) is 8. The van der Waals surface area contributed by atoms with Gasteiger partial charge in [-0.25, -0.2) is 0 Å². The van der Waals surface area contributed by atoms with Gasteiger partial charge in [-0.3, -0.25) is 4.79 Å². The van der Waals surface area contributed by atoms with Crippen LogP contribution in [0.2, 0.25) is 0 Å². The van der Waals surface area contributed by atoms with E-state index < -0.39 is 0 Å². The average molecular weight is 444 g/mol. The lowest BCUT2D eigenvalue weighted by Crippen LogP contribution is -2.31. The van der Waals surface area contributed by atoms with Crippen molar-refractivity contribution in [2.24, 2.45) is 0 Å². The number of rotatable bonds is 10. The van der Waals surface area contributed by atoms with Crippen molar-refractivity contribution in [3.63, 3.8) is 0 Å². The predicted molar refractivity (Wildman–Crippen MR) is 117 cm³/mol. The molecule has 0 saturated carbocycles. The molecule has 0 N–H and O–H groups in total. The van der Waals surface area contributed by atoms with Gasteiger partial charge in [0.1, 0.15) is 11.4 Å². The SMILES string of the molecule is CCN(Cc1ccc(OC)c(OC)c1)C(=O)CSc1nnnn1-c1ccccc1OC. The molecule has 0 saturated heterocycles. The third kappa shape index (κ3) is 5.26. The summed E-state index contributed by atoms with van der Waals surface area (Å²) in [6, 6.07) is 13.1. The van der Waals surface area contributed by atoms with Crippen LogP contribution in [0.1, 0.15) is 12.5 Å². The van der Waals surface area contributed by atoms with Gasteiger partial charge in [-0.1, -0.05) is 30.0 Å². The Bertz CT molecular complexity index is 1030. The third-order valence-corrected chi connectivity index (χ3v) is 5.54. The van der Waals surface area contributed by atoms with Crippen LogP contribution in [0, 0.1) is 0 Å². The first-order valence-electron chi connectivity index (χ1n) is 9.64. The van der Waals surface area contributed by atoms with E-state index >= 15 is 0 Å². The van der Waals surface area contributed by atoms with Crippen LogP contribution in [-0.2, 0) is 11.3 Å². The molecule has 0 bridgehead atoms.